The highest BCUT2D eigenvalue weighted by Crippen LogP contribution is 2.25. The van der Waals surface area contributed by atoms with E-state index in [4.69, 9.17) is 39.5 Å². The van der Waals surface area contributed by atoms with Gasteiger partial charge in [0, 0.05) is 17.8 Å². The van der Waals surface area contributed by atoms with Crippen LogP contribution in [0, 0.1) is 12.7 Å². The molecular formula is C20H14Cl3FN4O3. The molecule has 3 aromatic rings. The van der Waals surface area contributed by atoms with Gasteiger partial charge < -0.3 is 10.1 Å². The molecule has 31 heavy (non-hydrogen) atoms. The number of rotatable bonds is 6. The summed E-state index contributed by atoms with van der Waals surface area (Å²) in [6.07, 6.45) is 3.85. The Morgan fingerprint density at radius 2 is 1.94 bits per heavy atom. The lowest BCUT2D eigenvalue weighted by Gasteiger charge is -2.06. The molecule has 7 nitrogen and oxygen atoms in total. The van der Waals surface area contributed by atoms with E-state index in [2.05, 4.69) is 15.4 Å². The molecule has 1 aromatic carbocycles. The number of hydrogen-bond acceptors (Lipinski definition) is 5. The maximum absolute atomic E-state index is 13.1. The first-order chi connectivity index (χ1) is 14.7. The lowest BCUT2D eigenvalue weighted by molar-refractivity contribution is -0.142. The minimum atomic E-state index is -0.768. The van der Waals surface area contributed by atoms with E-state index in [0.717, 1.165) is 6.08 Å². The van der Waals surface area contributed by atoms with Gasteiger partial charge in [-0.25, -0.2) is 18.9 Å². The smallest absolute Gasteiger partial charge is 0.331 e. The molecular weight excluding hydrogens is 470 g/mol. The third kappa shape index (κ3) is 5.81. The van der Waals surface area contributed by atoms with Gasteiger partial charge >= 0.3 is 5.97 Å². The van der Waals surface area contributed by atoms with Crippen LogP contribution in [0.3, 0.4) is 0 Å². The lowest BCUT2D eigenvalue weighted by Crippen LogP contribution is -2.20. The number of hydrogen-bond donors (Lipinski definition) is 1. The van der Waals surface area contributed by atoms with Crippen LogP contribution in [0.4, 0.5) is 10.2 Å². The van der Waals surface area contributed by atoms with Crippen LogP contribution in [0.1, 0.15) is 11.3 Å². The highest BCUT2D eigenvalue weighted by Gasteiger charge is 2.14. The van der Waals surface area contributed by atoms with Gasteiger partial charge in [-0.1, -0.05) is 34.8 Å². The first-order valence-corrected chi connectivity index (χ1v) is 9.85. The molecule has 11 heteroatoms. The molecule has 2 heterocycles. The van der Waals surface area contributed by atoms with E-state index in [-0.39, 0.29) is 21.8 Å². The first kappa shape index (κ1) is 22.7. The number of benzene rings is 1. The van der Waals surface area contributed by atoms with Crippen molar-refractivity contribution in [3.8, 4) is 5.69 Å². The summed E-state index contributed by atoms with van der Waals surface area (Å²) in [5.41, 5.74) is 1.58. The van der Waals surface area contributed by atoms with Crippen molar-refractivity contribution in [2.24, 2.45) is 0 Å². The van der Waals surface area contributed by atoms with Crippen LogP contribution in [-0.2, 0) is 14.3 Å². The fourth-order valence-corrected chi connectivity index (χ4v) is 3.23. The van der Waals surface area contributed by atoms with Gasteiger partial charge in [0.1, 0.15) is 11.0 Å². The summed E-state index contributed by atoms with van der Waals surface area (Å²) in [5.74, 6) is -1.69. The normalized spacial score (nSPS) is 11.0. The zero-order valence-electron chi connectivity index (χ0n) is 15.9. The standard InChI is InChI=1S/C20H14Cl3FN4O3/c1-11-15(19(23)28(27-11)14-4-2-13(24)3-5-14)6-7-18(30)31-10-17(29)26-20-16(22)8-12(21)9-25-20/h2-9H,10H2,1H3,(H,25,26,29). The highest BCUT2D eigenvalue weighted by molar-refractivity contribution is 6.36. The number of anilines is 1. The van der Waals surface area contributed by atoms with Crippen LogP contribution in [0.25, 0.3) is 11.8 Å². The van der Waals surface area contributed by atoms with Crippen molar-refractivity contribution in [3.05, 3.63) is 74.9 Å². The Hall–Kier alpha value is -2.94. The summed E-state index contributed by atoms with van der Waals surface area (Å²) in [7, 11) is 0. The largest absolute Gasteiger partial charge is 0.452 e. The summed E-state index contributed by atoms with van der Waals surface area (Å²) in [5, 5.41) is 7.39. The molecule has 3 rings (SSSR count). The van der Waals surface area contributed by atoms with E-state index < -0.39 is 18.5 Å². The van der Waals surface area contributed by atoms with Crippen molar-refractivity contribution in [1.82, 2.24) is 14.8 Å². The number of aromatic nitrogens is 3. The highest BCUT2D eigenvalue weighted by atomic mass is 35.5. The number of nitrogens with zero attached hydrogens (tertiary/aromatic N) is 3. The number of aryl methyl sites for hydroxylation is 1. The van der Waals surface area contributed by atoms with E-state index >= 15 is 0 Å². The van der Waals surface area contributed by atoms with Crippen molar-refractivity contribution in [2.75, 3.05) is 11.9 Å². The Labute approximate surface area is 191 Å². The van der Waals surface area contributed by atoms with Gasteiger partial charge in [0.25, 0.3) is 5.91 Å². The van der Waals surface area contributed by atoms with Crippen LogP contribution < -0.4 is 5.32 Å². The molecule has 1 amide bonds. The Morgan fingerprint density at radius 1 is 1.23 bits per heavy atom. The maximum atomic E-state index is 13.1. The molecule has 0 saturated carbocycles. The van der Waals surface area contributed by atoms with E-state index in [1.54, 1.807) is 6.92 Å². The van der Waals surface area contributed by atoms with Crippen molar-refractivity contribution in [3.63, 3.8) is 0 Å². The molecule has 0 aliphatic rings. The second kappa shape index (κ2) is 9.91. The van der Waals surface area contributed by atoms with Crippen LogP contribution in [0.5, 0.6) is 0 Å². The molecule has 0 aliphatic carbocycles. The number of amides is 1. The minimum absolute atomic E-state index is 0.0956. The van der Waals surface area contributed by atoms with E-state index in [1.807, 2.05) is 0 Å². The molecule has 0 radical (unpaired) electrons. The van der Waals surface area contributed by atoms with Gasteiger partial charge in [-0.3, -0.25) is 4.79 Å². The third-order valence-corrected chi connectivity index (χ3v) is 4.77. The maximum Gasteiger partial charge on any atom is 0.331 e. The van der Waals surface area contributed by atoms with Crippen molar-refractivity contribution < 1.29 is 18.7 Å². The van der Waals surface area contributed by atoms with Crippen molar-refractivity contribution in [2.45, 2.75) is 6.92 Å². The van der Waals surface area contributed by atoms with E-state index in [0.29, 0.717) is 22.0 Å². The molecule has 0 saturated heterocycles. The number of ether oxygens (including phenoxy) is 1. The van der Waals surface area contributed by atoms with Gasteiger partial charge in [0.2, 0.25) is 0 Å². The number of nitrogens with one attached hydrogen (secondary N) is 1. The zero-order chi connectivity index (χ0) is 22.5. The van der Waals surface area contributed by atoms with Crippen LogP contribution >= 0.6 is 34.8 Å². The summed E-state index contributed by atoms with van der Waals surface area (Å²) in [4.78, 5) is 27.8. The molecule has 0 aliphatic heterocycles. The van der Waals surface area contributed by atoms with Crippen LogP contribution in [0.15, 0.2) is 42.6 Å². The number of carbonyl (C=O) groups excluding carboxylic acids is 2. The number of carbonyl (C=O) groups is 2. The quantitative estimate of drug-likeness (QED) is 0.399. The van der Waals surface area contributed by atoms with E-state index in [9.17, 15) is 14.0 Å². The average molecular weight is 484 g/mol. The third-order valence-electron chi connectivity index (χ3n) is 3.92. The minimum Gasteiger partial charge on any atom is -0.452 e. The van der Waals surface area contributed by atoms with Gasteiger partial charge in [-0.15, -0.1) is 0 Å². The number of pyridine rings is 1. The van der Waals surface area contributed by atoms with Gasteiger partial charge in [-0.05, 0) is 43.3 Å². The van der Waals surface area contributed by atoms with Gasteiger partial charge in [0.05, 0.1) is 21.4 Å². The molecule has 0 bridgehead atoms. The SMILES string of the molecule is Cc1nn(-c2ccc(F)cc2)c(Cl)c1C=CC(=O)OCC(=O)Nc1ncc(Cl)cc1Cl. The molecule has 2 aromatic heterocycles. The molecule has 1 N–H and O–H groups in total. The molecule has 0 unspecified atom stereocenters. The second-order valence-electron chi connectivity index (χ2n) is 6.15. The fourth-order valence-electron chi connectivity index (χ4n) is 2.46. The van der Waals surface area contributed by atoms with Gasteiger partial charge in [0.15, 0.2) is 12.4 Å². The monoisotopic (exact) mass is 482 g/mol. The van der Waals surface area contributed by atoms with Crippen LogP contribution in [0.2, 0.25) is 15.2 Å². The number of esters is 1. The summed E-state index contributed by atoms with van der Waals surface area (Å²) in [6, 6.07) is 7.03. The Balaban J connectivity index is 1.61. The van der Waals surface area contributed by atoms with Crippen molar-refractivity contribution >= 4 is 58.6 Å². The fraction of sp³-hybridized carbons (Fsp3) is 0.100. The number of halogens is 4. The zero-order valence-corrected chi connectivity index (χ0v) is 18.2. The molecule has 0 spiro atoms. The predicted molar refractivity (Wildman–Crippen MR) is 116 cm³/mol. The summed E-state index contributed by atoms with van der Waals surface area (Å²) in [6.45, 7) is 1.15. The predicted octanol–water partition coefficient (Wildman–Crippen LogP) is 4.87. The molecule has 0 fully saturated rings. The second-order valence-corrected chi connectivity index (χ2v) is 7.35. The summed E-state index contributed by atoms with van der Waals surface area (Å²) >= 11 is 18.0. The van der Waals surface area contributed by atoms with Crippen molar-refractivity contribution in [1.29, 1.82) is 0 Å². The Kier molecular flexibility index (Phi) is 7.27. The van der Waals surface area contributed by atoms with Crippen LogP contribution in [-0.4, -0.2) is 33.2 Å². The molecule has 160 valence electrons. The Morgan fingerprint density at radius 3 is 2.61 bits per heavy atom. The van der Waals surface area contributed by atoms with E-state index in [1.165, 1.54) is 47.3 Å². The Bertz CT molecular complexity index is 1160. The first-order valence-electron chi connectivity index (χ1n) is 8.71. The van der Waals surface area contributed by atoms with Gasteiger partial charge in [-0.2, -0.15) is 5.10 Å². The lowest BCUT2D eigenvalue weighted by atomic mass is 10.2. The topological polar surface area (TPSA) is 86.1 Å². The molecule has 0 atom stereocenters. The average Bonchev–Trinajstić information content (AvgIpc) is 3.01. The summed E-state index contributed by atoms with van der Waals surface area (Å²) < 4.78 is 19.4.